The smallest absolute Gasteiger partial charge is 0.0226 e. The molecule has 0 N–H and O–H groups in total. The average molecular weight is 196 g/mol. The topological polar surface area (TPSA) is 0 Å². The van der Waals surface area contributed by atoms with Crippen LogP contribution in [0.1, 0.15) is 34.6 Å². The van der Waals surface area contributed by atoms with Crippen molar-refractivity contribution in [2.75, 3.05) is 0 Å². The summed E-state index contributed by atoms with van der Waals surface area (Å²) in [6.45, 7) is 11.0. The molecule has 0 fully saturated rings. The van der Waals surface area contributed by atoms with Gasteiger partial charge in [-0.25, -0.2) is 0 Å². The van der Waals surface area contributed by atoms with E-state index < -0.39 is 0 Å². The summed E-state index contributed by atoms with van der Waals surface area (Å²) < 4.78 is 0. The Kier molecular flexibility index (Phi) is 6.64. The molecule has 12 heavy (non-hydrogen) atoms. The van der Waals surface area contributed by atoms with Gasteiger partial charge in [-0.05, 0) is 38.8 Å². The minimum Gasteiger partial charge on any atom is -0.147 e. The third kappa shape index (κ3) is 2.27. The van der Waals surface area contributed by atoms with Crippen LogP contribution in [0.4, 0.5) is 0 Å². The molecule has 0 aromatic carbocycles. The van der Waals surface area contributed by atoms with Crippen molar-refractivity contribution >= 4 is 35.5 Å². The van der Waals surface area contributed by atoms with Crippen LogP contribution in [-0.4, -0.2) is 23.1 Å². The van der Waals surface area contributed by atoms with E-state index in [1.807, 2.05) is 0 Å². The van der Waals surface area contributed by atoms with Crippen LogP contribution in [-0.2, 0) is 0 Å². The van der Waals surface area contributed by atoms with Crippen LogP contribution in [0.2, 0.25) is 0 Å². The van der Waals surface area contributed by atoms with Crippen LogP contribution >= 0.6 is 12.4 Å². The summed E-state index contributed by atoms with van der Waals surface area (Å²) in [6.07, 6.45) is 0. The molecule has 0 atom stereocenters. The number of allylic oxidation sites excluding steroid dienone is 4. The lowest BCUT2D eigenvalue weighted by Gasteiger charge is -2.04. The summed E-state index contributed by atoms with van der Waals surface area (Å²) in [5, 5.41) is 0. The maximum atomic E-state index is 2.20. The van der Waals surface area contributed by atoms with Gasteiger partial charge in [0.25, 0.3) is 0 Å². The zero-order valence-electron chi connectivity index (χ0n) is 8.62. The number of rotatable bonds is 0. The van der Waals surface area contributed by atoms with Crippen LogP contribution < -0.4 is 0 Å². The first-order valence-corrected chi connectivity index (χ1v) is 3.75. The minimum absolute atomic E-state index is 0. The molecule has 0 spiro atoms. The fraction of sp³-hybridized carbons (Fsp3) is 0.500. The van der Waals surface area contributed by atoms with Crippen molar-refractivity contribution in [3.05, 3.63) is 28.2 Å². The normalized spacial score (nSPS) is 17.8. The van der Waals surface area contributed by atoms with E-state index in [9.17, 15) is 0 Å². The van der Waals surface area contributed by atoms with Crippen molar-refractivity contribution in [1.29, 1.82) is 0 Å². The maximum Gasteiger partial charge on any atom is 0.0226 e. The maximum absolute atomic E-state index is 2.20. The van der Waals surface area contributed by atoms with E-state index in [0.29, 0.717) is 0 Å². The van der Waals surface area contributed by atoms with Gasteiger partial charge in [0.2, 0.25) is 0 Å². The lowest BCUT2D eigenvalue weighted by atomic mass is 10.00. The fourth-order valence-electron chi connectivity index (χ4n) is 1.41. The van der Waals surface area contributed by atoms with Crippen LogP contribution in [0.5, 0.6) is 0 Å². The lowest BCUT2D eigenvalue weighted by molar-refractivity contribution is 1.14. The van der Waals surface area contributed by atoms with Crippen molar-refractivity contribution in [3.8, 4) is 0 Å². The van der Waals surface area contributed by atoms with Crippen molar-refractivity contribution in [3.63, 3.8) is 0 Å². The molecule has 0 aliphatic heterocycles. The second kappa shape index (κ2) is 5.31. The Bertz CT molecular complexity index is 202. The number of hydrogen-bond donors (Lipinski definition) is 0. The zero-order chi connectivity index (χ0) is 7.89. The van der Waals surface area contributed by atoms with Gasteiger partial charge in [-0.15, -0.1) is 12.4 Å². The first-order chi connectivity index (χ1) is 4.55. The second-order valence-corrected chi connectivity index (χ2v) is 3.12. The van der Waals surface area contributed by atoms with E-state index in [1.54, 1.807) is 0 Å². The predicted molar refractivity (Wildman–Crippen MR) is 58.7 cm³/mol. The summed E-state index contributed by atoms with van der Waals surface area (Å²) in [4.78, 5) is 0. The third-order valence-corrected chi connectivity index (χ3v) is 2.81. The van der Waals surface area contributed by atoms with Gasteiger partial charge in [-0.2, -0.15) is 0 Å². The van der Waals surface area contributed by atoms with E-state index in [1.165, 1.54) is 28.2 Å². The minimum atomic E-state index is 0. The second-order valence-electron chi connectivity index (χ2n) is 3.12. The molecule has 0 aromatic rings. The SMILES string of the molecule is C[C]1C(C)=C(C)C(C)=C1C.Cl.[Mg]. The molecule has 0 bridgehead atoms. The van der Waals surface area contributed by atoms with E-state index in [-0.39, 0.29) is 35.5 Å². The molecule has 0 amide bonds. The third-order valence-electron chi connectivity index (χ3n) is 2.81. The van der Waals surface area contributed by atoms with Gasteiger partial charge in [-0.1, -0.05) is 18.1 Å². The highest BCUT2D eigenvalue weighted by molar-refractivity contribution is 5.85. The van der Waals surface area contributed by atoms with Crippen molar-refractivity contribution in [1.82, 2.24) is 0 Å². The molecular weight excluding hydrogens is 180 g/mol. The molecule has 0 saturated carbocycles. The van der Waals surface area contributed by atoms with Crippen LogP contribution in [0.25, 0.3) is 0 Å². The van der Waals surface area contributed by atoms with Crippen LogP contribution in [0, 0.1) is 5.92 Å². The van der Waals surface area contributed by atoms with Crippen molar-refractivity contribution in [2.45, 2.75) is 34.6 Å². The van der Waals surface area contributed by atoms with E-state index >= 15 is 0 Å². The summed E-state index contributed by atoms with van der Waals surface area (Å²) >= 11 is 0. The molecule has 1 rings (SSSR count). The number of halogens is 1. The Balaban J connectivity index is 0. The van der Waals surface area contributed by atoms with E-state index in [0.717, 1.165) is 0 Å². The standard InChI is InChI=1S/C10H15.ClH.Mg/c1-6-7(2)9(4)10(5)8(6)3;;/h1-5H3;1H;. The molecule has 0 aromatic heterocycles. The Labute approximate surface area is 98.1 Å². The molecular formula is C10H16ClMg. The molecule has 0 saturated heterocycles. The molecule has 0 heterocycles. The van der Waals surface area contributed by atoms with Crippen molar-refractivity contribution < 1.29 is 0 Å². The zero-order valence-corrected chi connectivity index (χ0v) is 10.8. The molecule has 2 heteroatoms. The summed E-state index contributed by atoms with van der Waals surface area (Å²) in [7, 11) is 0. The number of hydrogen-bond acceptors (Lipinski definition) is 0. The molecule has 0 nitrogen and oxygen atoms in total. The highest BCUT2D eigenvalue weighted by atomic mass is 35.5. The summed E-state index contributed by atoms with van der Waals surface area (Å²) in [5.74, 6) is 1.47. The Morgan fingerprint density at radius 2 is 0.833 bits per heavy atom. The Hall–Kier alpha value is 0.536. The average Bonchev–Trinajstić information content (AvgIpc) is 2.07. The molecule has 65 valence electrons. The van der Waals surface area contributed by atoms with Gasteiger partial charge in [0.15, 0.2) is 0 Å². The first-order valence-electron chi connectivity index (χ1n) is 3.75. The van der Waals surface area contributed by atoms with Gasteiger partial charge in [-0.3, -0.25) is 0 Å². The Morgan fingerprint density at radius 1 is 0.583 bits per heavy atom. The highest BCUT2D eigenvalue weighted by Crippen LogP contribution is 2.37. The van der Waals surface area contributed by atoms with Crippen molar-refractivity contribution in [2.24, 2.45) is 0 Å². The summed E-state index contributed by atoms with van der Waals surface area (Å²) in [6, 6.07) is 0. The van der Waals surface area contributed by atoms with E-state index in [4.69, 9.17) is 0 Å². The van der Waals surface area contributed by atoms with Crippen LogP contribution in [0.15, 0.2) is 22.3 Å². The monoisotopic (exact) mass is 195 g/mol. The first kappa shape index (κ1) is 15.0. The van der Waals surface area contributed by atoms with Gasteiger partial charge < -0.3 is 0 Å². The molecule has 0 unspecified atom stereocenters. The highest BCUT2D eigenvalue weighted by Gasteiger charge is 2.19. The fourth-order valence-corrected chi connectivity index (χ4v) is 1.41. The van der Waals surface area contributed by atoms with Crippen LogP contribution in [0.3, 0.4) is 0 Å². The lowest BCUT2D eigenvalue weighted by Crippen LogP contribution is -1.89. The quantitative estimate of drug-likeness (QED) is 0.521. The Morgan fingerprint density at radius 3 is 0.917 bits per heavy atom. The van der Waals surface area contributed by atoms with Gasteiger partial charge in [0.05, 0.1) is 0 Å². The van der Waals surface area contributed by atoms with Gasteiger partial charge >= 0.3 is 0 Å². The van der Waals surface area contributed by atoms with E-state index in [2.05, 4.69) is 34.6 Å². The molecule has 1 aliphatic carbocycles. The summed E-state index contributed by atoms with van der Waals surface area (Å²) in [5.41, 5.74) is 5.87. The van der Waals surface area contributed by atoms with Gasteiger partial charge in [0, 0.05) is 29.0 Å². The predicted octanol–water partition coefficient (Wildman–Crippen LogP) is 3.31. The molecule has 1 aliphatic rings. The molecule has 3 radical (unpaired) electrons. The van der Waals surface area contributed by atoms with Gasteiger partial charge in [0.1, 0.15) is 0 Å². The largest absolute Gasteiger partial charge is 0.147 e.